The van der Waals surface area contributed by atoms with Crippen molar-refractivity contribution in [1.29, 1.82) is 0 Å². The fraction of sp³-hybridized carbons (Fsp3) is 0.538. The van der Waals surface area contributed by atoms with Gasteiger partial charge in [0.15, 0.2) is 0 Å². The Bertz CT molecular complexity index is 631. The number of carbonyl (C=O) groups is 1. The van der Waals surface area contributed by atoms with Gasteiger partial charge in [-0.1, -0.05) is 6.92 Å². The zero-order chi connectivity index (χ0) is 15.6. The van der Waals surface area contributed by atoms with E-state index in [1.54, 1.807) is 6.92 Å². The number of nitrogens with zero attached hydrogens (tertiary/aromatic N) is 2. The molecule has 0 saturated carbocycles. The molecule has 1 fully saturated rings. The Labute approximate surface area is 123 Å². The summed E-state index contributed by atoms with van der Waals surface area (Å²) in [5, 5.41) is 9.20. The van der Waals surface area contributed by atoms with E-state index in [1.165, 1.54) is 29.9 Å². The van der Waals surface area contributed by atoms with Crippen LogP contribution in [0.5, 0.6) is 5.75 Å². The molecule has 2 atom stereocenters. The van der Waals surface area contributed by atoms with Crippen LogP contribution in [0.15, 0.2) is 23.4 Å². The first-order chi connectivity index (χ1) is 9.91. The van der Waals surface area contributed by atoms with E-state index in [0.29, 0.717) is 18.6 Å². The fourth-order valence-corrected chi connectivity index (χ4v) is 4.42. The van der Waals surface area contributed by atoms with Crippen LogP contribution in [0.25, 0.3) is 0 Å². The van der Waals surface area contributed by atoms with E-state index >= 15 is 0 Å². The first-order valence-electron chi connectivity index (χ1n) is 6.65. The average Bonchev–Trinajstić information content (AvgIpc) is 2.92. The van der Waals surface area contributed by atoms with Gasteiger partial charge < -0.3 is 9.84 Å². The first kappa shape index (κ1) is 15.7. The summed E-state index contributed by atoms with van der Waals surface area (Å²) in [6.45, 7) is 1.99. The maximum atomic E-state index is 12.7. The molecule has 1 aromatic rings. The molecule has 0 aliphatic carbocycles. The number of aromatic nitrogens is 1. The van der Waals surface area contributed by atoms with Crippen LogP contribution in [-0.2, 0) is 14.8 Å². The molecule has 0 spiro atoms. The third-order valence-electron chi connectivity index (χ3n) is 3.76. The highest BCUT2D eigenvalue weighted by molar-refractivity contribution is 7.89. The number of pyridine rings is 1. The summed E-state index contributed by atoms with van der Waals surface area (Å²) in [7, 11) is -2.34. The van der Waals surface area contributed by atoms with Gasteiger partial charge in [0.05, 0.1) is 19.2 Å². The van der Waals surface area contributed by atoms with E-state index in [0.717, 1.165) is 0 Å². The molecule has 2 unspecified atom stereocenters. The van der Waals surface area contributed by atoms with Gasteiger partial charge in [0, 0.05) is 24.8 Å². The lowest BCUT2D eigenvalue weighted by atomic mass is 9.99. The Kier molecular flexibility index (Phi) is 4.48. The highest BCUT2D eigenvalue weighted by atomic mass is 32.2. The van der Waals surface area contributed by atoms with Crippen molar-refractivity contribution in [2.75, 3.05) is 13.7 Å². The fourth-order valence-electron chi connectivity index (χ4n) is 2.69. The molecule has 0 bridgehead atoms. The summed E-state index contributed by atoms with van der Waals surface area (Å²) in [6, 6.07) is 0.863. The molecule has 1 aromatic heterocycles. The lowest BCUT2D eigenvalue weighted by Crippen LogP contribution is -2.39. The molecule has 2 rings (SSSR count). The van der Waals surface area contributed by atoms with Crippen molar-refractivity contribution < 1.29 is 23.1 Å². The molecule has 7 nitrogen and oxygen atoms in total. The van der Waals surface area contributed by atoms with Crippen molar-refractivity contribution >= 4 is 16.0 Å². The molecule has 8 heteroatoms. The predicted molar refractivity (Wildman–Crippen MR) is 74.5 cm³/mol. The van der Waals surface area contributed by atoms with Crippen LogP contribution in [0.3, 0.4) is 0 Å². The Balaban J connectivity index is 2.37. The van der Waals surface area contributed by atoms with Crippen LogP contribution >= 0.6 is 0 Å². The van der Waals surface area contributed by atoms with E-state index in [4.69, 9.17) is 4.74 Å². The summed E-state index contributed by atoms with van der Waals surface area (Å²) >= 11 is 0. The summed E-state index contributed by atoms with van der Waals surface area (Å²) in [5.41, 5.74) is 0. The number of hydrogen-bond acceptors (Lipinski definition) is 5. The monoisotopic (exact) mass is 314 g/mol. The van der Waals surface area contributed by atoms with Crippen molar-refractivity contribution in [3.63, 3.8) is 0 Å². The topological polar surface area (TPSA) is 96.8 Å². The van der Waals surface area contributed by atoms with Gasteiger partial charge >= 0.3 is 5.97 Å². The first-order valence-corrected chi connectivity index (χ1v) is 8.09. The second-order valence-electron chi connectivity index (χ2n) is 4.89. The van der Waals surface area contributed by atoms with Crippen LogP contribution in [0.1, 0.15) is 19.8 Å². The Morgan fingerprint density at radius 1 is 1.52 bits per heavy atom. The smallest absolute Gasteiger partial charge is 0.308 e. The van der Waals surface area contributed by atoms with Crippen molar-refractivity contribution in [3.05, 3.63) is 18.5 Å². The van der Waals surface area contributed by atoms with Crippen LogP contribution in [-0.4, -0.2) is 48.5 Å². The second-order valence-corrected chi connectivity index (χ2v) is 6.78. The number of hydrogen-bond donors (Lipinski definition) is 1. The molecule has 2 heterocycles. The number of sulfonamides is 1. The maximum absolute atomic E-state index is 12.7. The lowest BCUT2D eigenvalue weighted by molar-refractivity contribution is -0.142. The maximum Gasteiger partial charge on any atom is 0.308 e. The molecule has 1 saturated heterocycles. The molecular formula is C13H18N2O5S. The number of aliphatic carboxylic acids is 1. The number of carboxylic acids is 1. The molecular weight excluding hydrogens is 296 g/mol. The molecule has 1 aliphatic rings. The molecule has 0 aromatic carbocycles. The minimum atomic E-state index is -3.77. The molecule has 0 radical (unpaired) electrons. The predicted octanol–water partition coefficient (Wildman–Crippen LogP) is 0.964. The zero-order valence-electron chi connectivity index (χ0n) is 11.9. The van der Waals surface area contributed by atoms with Gasteiger partial charge in [-0.15, -0.1) is 0 Å². The second kappa shape index (κ2) is 5.98. The summed E-state index contributed by atoms with van der Waals surface area (Å²) in [5.74, 6) is -1.27. The highest BCUT2D eigenvalue weighted by Crippen LogP contribution is 2.32. The summed E-state index contributed by atoms with van der Waals surface area (Å²) in [6.07, 6.45) is 3.44. The van der Waals surface area contributed by atoms with E-state index in [9.17, 15) is 18.3 Å². The summed E-state index contributed by atoms with van der Waals surface area (Å²) < 4.78 is 31.6. The quantitative estimate of drug-likeness (QED) is 0.869. The van der Waals surface area contributed by atoms with Crippen LogP contribution in [0, 0.1) is 5.92 Å². The Hall–Kier alpha value is -1.67. The normalized spacial score (nSPS) is 23.1. The van der Waals surface area contributed by atoms with E-state index in [1.807, 2.05) is 0 Å². The van der Waals surface area contributed by atoms with Crippen molar-refractivity contribution in [2.24, 2.45) is 5.92 Å². The van der Waals surface area contributed by atoms with E-state index < -0.39 is 28.0 Å². The van der Waals surface area contributed by atoms with Gasteiger partial charge in [0.25, 0.3) is 0 Å². The van der Waals surface area contributed by atoms with Gasteiger partial charge in [-0.2, -0.15) is 4.31 Å². The largest absolute Gasteiger partial charge is 0.495 e. The number of ether oxygens (including phenoxy) is 1. The Morgan fingerprint density at radius 3 is 2.81 bits per heavy atom. The molecule has 1 aliphatic heterocycles. The molecule has 21 heavy (non-hydrogen) atoms. The van der Waals surface area contributed by atoms with Gasteiger partial charge in [-0.3, -0.25) is 9.78 Å². The van der Waals surface area contributed by atoms with Gasteiger partial charge in [0.2, 0.25) is 10.0 Å². The van der Waals surface area contributed by atoms with Crippen molar-refractivity contribution in [3.8, 4) is 5.75 Å². The number of rotatable bonds is 5. The average molecular weight is 314 g/mol. The standard InChI is InChI=1S/C13H18N2O5S/c1-3-12-11(13(16)17)4-5-15(12)21(18,19)10-6-9(20-2)7-14-8-10/h6-8,11-12H,3-5H2,1-2H3,(H,16,17). The zero-order valence-corrected chi connectivity index (χ0v) is 12.7. The van der Waals surface area contributed by atoms with Crippen molar-refractivity contribution in [2.45, 2.75) is 30.7 Å². The van der Waals surface area contributed by atoms with E-state index in [-0.39, 0.29) is 11.4 Å². The third-order valence-corrected chi connectivity index (χ3v) is 5.65. The Morgan fingerprint density at radius 2 is 2.24 bits per heavy atom. The van der Waals surface area contributed by atoms with E-state index in [2.05, 4.69) is 4.98 Å². The van der Waals surface area contributed by atoms with Gasteiger partial charge in [0.1, 0.15) is 10.6 Å². The van der Waals surface area contributed by atoms with Gasteiger partial charge in [-0.05, 0) is 12.8 Å². The summed E-state index contributed by atoms with van der Waals surface area (Å²) in [4.78, 5) is 15.1. The molecule has 116 valence electrons. The third kappa shape index (κ3) is 2.86. The molecule has 1 N–H and O–H groups in total. The van der Waals surface area contributed by atoms with Crippen LogP contribution in [0.4, 0.5) is 0 Å². The number of carboxylic acid groups (broad SMARTS) is 1. The number of methoxy groups -OCH3 is 1. The molecule has 0 amide bonds. The van der Waals surface area contributed by atoms with Gasteiger partial charge in [-0.25, -0.2) is 8.42 Å². The van der Waals surface area contributed by atoms with Crippen LogP contribution in [0.2, 0.25) is 0 Å². The minimum absolute atomic E-state index is 0.0198. The minimum Gasteiger partial charge on any atom is -0.495 e. The van der Waals surface area contributed by atoms with Crippen LogP contribution < -0.4 is 4.74 Å². The highest BCUT2D eigenvalue weighted by Gasteiger charge is 2.43. The lowest BCUT2D eigenvalue weighted by Gasteiger charge is -2.25. The van der Waals surface area contributed by atoms with Crippen molar-refractivity contribution in [1.82, 2.24) is 9.29 Å². The SMILES string of the molecule is CCC1C(C(=O)O)CCN1S(=O)(=O)c1cncc(OC)c1.